The van der Waals surface area contributed by atoms with Crippen LogP contribution >= 0.6 is 11.3 Å². The average molecular weight is 334 g/mol. The Balaban J connectivity index is 1.81. The lowest BCUT2D eigenvalue weighted by molar-refractivity contribution is 0.0235. The summed E-state index contributed by atoms with van der Waals surface area (Å²) in [6, 6.07) is -0.119. The lowest BCUT2D eigenvalue weighted by Gasteiger charge is -2.37. The van der Waals surface area contributed by atoms with Gasteiger partial charge in [-0.15, -0.1) is 11.3 Å². The van der Waals surface area contributed by atoms with Gasteiger partial charge in [0.2, 0.25) is 0 Å². The van der Waals surface area contributed by atoms with Crippen LogP contribution in [0.3, 0.4) is 0 Å². The molecule has 1 amide bonds. The maximum absolute atomic E-state index is 12.7. The molecule has 2 aromatic rings. The number of aromatic nitrogens is 3. The standard InChI is InChI=1S/C16H22N4O2S/c1-4-13-15(23-9(2)18-13)16(22)19-14(10-5-12(21)6-10)11-7-17-20(3)8-11/h7-8,10,12,14,21H,4-6H2,1-3H3,(H,19,22)/t10?,12?,14-/m1/s1. The molecule has 3 rings (SSSR count). The van der Waals surface area contributed by atoms with Crippen LogP contribution in [0.25, 0.3) is 0 Å². The van der Waals surface area contributed by atoms with Crippen molar-refractivity contribution in [3.63, 3.8) is 0 Å². The molecule has 0 saturated heterocycles. The molecule has 2 N–H and O–H groups in total. The fraction of sp³-hybridized carbons (Fsp3) is 0.562. The highest BCUT2D eigenvalue weighted by atomic mass is 32.1. The fourth-order valence-electron chi connectivity index (χ4n) is 3.07. The van der Waals surface area contributed by atoms with E-state index < -0.39 is 0 Å². The minimum Gasteiger partial charge on any atom is -0.393 e. The molecule has 0 radical (unpaired) electrons. The van der Waals surface area contributed by atoms with Gasteiger partial charge in [0.1, 0.15) is 4.88 Å². The molecule has 0 spiro atoms. The van der Waals surface area contributed by atoms with E-state index in [2.05, 4.69) is 15.4 Å². The third-order valence-corrected chi connectivity index (χ3v) is 5.35. The van der Waals surface area contributed by atoms with E-state index in [0.29, 0.717) is 17.7 Å². The summed E-state index contributed by atoms with van der Waals surface area (Å²) in [5, 5.41) is 17.9. The van der Waals surface area contributed by atoms with Crippen molar-refractivity contribution >= 4 is 17.2 Å². The molecule has 6 nitrogen and oxygen atoms in total. The van der Waals surface area contributed by atoms with E-state index in [-0.39, 0.29) is 24.0 Å². The van der Waals surface area contributed by atoms with E-state index in [0.717, 1.165) is 22.7 Å². The molecule has 23 heavy (non-hydrogen) atoms. The first-order valence-electron chi connectivity index (χ1n) is 7.91. The quantitative estimate of drug-likeness (QED) is 0.876. The average Bonchev–Trinajstić information content (AvgIpc) is 3.07. The van der Waals surface area contributed by atoms with Crippen LogP contribution in [0.15, 0.2) is 12.4 Å². The minimum absolute atomic E-state index is 0.0808. The topological polar surface area (TPSA) is 80.0 Å². The maximum Gasteiger partial charge on any atom is 0.263 e. The predicted octanol–water partition coefficient (Wildman–Crippen LogP) is 1.99. The van der Waals surface area contributed by atoms with E-state index in [4.69, 9.17) is 0 Å². The van der Waals surface area contributed by atoms with Crippen molar-refractivity contribution in [1.82, 2.24) is 20.1 Å². The molecule has 2 heterocycles. The van der Waals surface area contributed by atoms with Gasteiger partial charge in [-0.25, -0.2) is 4.98 Å². The van der Waals surface area contributed by atoms with Crippen molar-refractivity contribution in [3.05, 3.63) is 33.5 Å². The van der Waals surface area contributed by atoms with E-state index in [1.54, 1.807) is 10.9 Å². The highest BCUT2D eigenvalue weighted by Crippen LogP contribution is 2.38. The lowest BCUT2D eigenvalue weighted by Crippen LogP contribution is -2.41. The number of nitrogens with zero attached hydrogens (tertiary/aromatic N) is 3. The SMILES string of the molecule is CCc1nc(C)sc1C(=O)N[C@@H](c1cnn(C)c1)C1CC(O)C1. The maximum atomic E-state index is 12.7. The summed E-state index contributed by atoms with van der Waals surface area (Å²) in [4.78, 5) is 17.8. The number of nitrogens with one attached hydrogen (secondary N) is 1. The van der Waals surface area contributed by atoms with Gasteiger partial charge in [-0.1, -0.05) is 6.92 Å². The predicted molar refractivity (Wildman–Crippen MR) is 88.4 cm³/mol. The van der Waals surface area contributed by atoms with Gasteiger partial charge in [0.15, 0.2) is 0 Å². The Morgan fingerprint density at radius 2 is 2.30 bits per heavy atom. The Bertz CT molecular complexity index is 703. The van der Waals surface area contributed by atoms with Gasteiger partial charge in [0.05, 0.1) is 29.0 Å². The molecule has 1 aliphatic rings. The normalized spacial score (nSPS) is 21.7. The Morgan fingerprint density at radius 1 is 1.57 bits per heavy atom. The van der Waals surface area contributed by atoms with Crippen molar-refractivity contribution < 1.29 is 9.90 Å². The first-order valence-corrected chi connectivity index (χ1v) is 8.73. The van der Waals surface area contributed by atoms with Gasteiger partial charge >= 0.3 is 0 Å². The third-order valence-electron chi connectivity index (χ3n) is 4.34. The zero-order valence-corrected chi connectivity index (χ0v) is 14.4. The van der Waals surface area contributed by atoms with Crippen molar-refractivity contribution in [2.45, 2.75) is 45.3 Å². The number of hydrogen-bond acceptors (Lipinski definition) is 5. The molecular weight excluding hydrogens is 312 g/mol. The zero-order chi connectivity index (χ0) is 16.6. The monoisotopic (exact) mass is 334 g/mol. The number of aliphatic hydroxyl groups excluding tert-OH is 1. The number of amides is 1. The van der Waals surface area contributed by atoms with Crippen LogP contribution in [0.5, 0.6) is 0 Å². The molecular formula is C16H22N4O2S. The highest BCUT2D eigenvalue weighted by Gasteiger charge is 2.36. The number of hydrogen-bond donors (Lipinski definition) is 2. The van der Waals surface area contributed by atoms with Crippen molar-refractivity contribution in [2.75, 3.05) is 0 Å². The number of carbonyl (C=O) groups excluding carboxylic acids is 1. The van der Waals surface area contributed by atoms with Gasteiger partial charge in [-0.3, -0.25) is 9.48 Å². The Hall–Kier alpha value is -1.73. The summed E-state index contributed by atoms with van der Waals surface area (Å²) >= 11 is 1.43. The van der Waals surface area contributed by atoms with Gasteiger partial charge in [0.25, 0.3) is 5.91 Å². The van der Waals surface area contributed by atoms with Gasteiger partial charge in [0, 0.05) is 18.8 Å². The number of aliphatic hydroxyl groups is 1. The summed E-state index contributed by atoms with van der Waals surface area (Å²) in [5.74, 6) is 0.167. The first-order chi connectivity index (χ1) is 11.0. The molecule has 1 saturated carbocycles. The molecule has 0 unspecified atom stereocenters. The number of carbonyl (C=O) groups is 1. The van der Waals surface area contributed by atoms with Crippen molar-refractivity contribution in [2.24, 2.45) is 13.0 Å². The summed E-state index contributed by atoms with van der Waals surface area (Å²) in [6.07, 6.45) is 5.62. The highest BCUT2D eigenvalue weighted by molar-refractivity contribution is 7.13. The molecule has 0 bridgehead atoms. The van der Waals surface area contributed by atoms with Gasteiger partial charge in [-0.2, -0.15) is 5.10 Å². The molecule has 124 valence electrons. The Labute approximate surface area is 139 Å². The molecule has 0 aromatic carbocycles. The van der Waals surface area contributed by atoms with E-state index in [9.17, 15) is 9.90 Å². The van der Waals surface area contributed by atoms with E-state index in [1.165, 1.54) is 11.3 Å². The van der Waals surface area contributed by atoms with Crippen LogP contribution in [-0.2, 0) is 13.5 Å². The second kappa shape index (κ2) is 6.41. The Kier molecular flexibility index (Phi) is 4.50. The van der Waals surface area contributed by atoms with Gasteiger partial charge in [-0.05, 0) is 32.1 Å². The Morgan fingerprint density at radius 3 is 2.87 bits per heavy atom. The molecule has 0 aliphatic heterocycles. The van der Waals surface area contributed by atoms with E-state index >= 15 is 0 Å². The number of thiazole rings is 1. The smallest absolute Gasteiger partial charge is 0.263 e. The number of aryl methyl sites for hydroxylation is 3. The summed E-state index contributed by atoms with van der Waals surface area (Å²) < 4.78 is 1.73. The van der Waals surface area contributed by atoms with Crippen LogP contribution < -0.4 is 5.32 Å². The largest absolute Gasteiger partial charge is 0.393 e. The van der Waals surface area contributed by atoms with Crippen LogP contribution in [0.2, 0.25) is 0 Å². The minimum atomic E-state index is -0.257. The van der Waals surface area contributed by atoms with Gasteiger partial charge < -0.3 is 10.4 Å². The van der Waals surface area contributed by atoms with Crippen LogP contribution in [0.1, 0.15) is 51.7 Å². The van der Waals surface area contributed by atoms with E-state index in [1.807, 2.05) is 27.1 Å². The molecule has 1 aliphatic carbocycles. The molecule has 1 fully saturated rings. The van der Waals surface area contributed by atoms with Crippen LogP contribution in [-0.4, -0.2) is 31.9 Å². The summed E-state index contributed by atoms with van der Waals surface area (Å²) in [7, 11) is 1.86. The third kappa shape index (κ3) is 3.30. The lowest BCUT2D eigenvalue weighted by atomic mass is 9.75. The molecule has 7 heteroatoms. The zero-order valence-electron chi connectivity index (χ0n) is 13.6. The van der Waals surface area contributed by atoms with Crippen molar-refractivity contribution in [3.8, 4) is 0 Å². The summed E-state index contributed by atoms with van der Waals surface area (Å²) in [5.41, 5.74) is 1.83. The molecule has 2 aromatic heterocycles. The van der Waals surface area contributed by atoms with Crippen LogP contribution in [0.4, 0.5) is 0 Å². The number of rotatable bonds is 5. The second-order valence-corrected chi connectivity index (χ2v) is 7.35. The van der Waals surface area contributed by atoms with Crippen molar-refractivity contribution in [1.29, 1.82) is 0 Å². The summed E-state index contributed by atoms with van der Waals surface area (Å²) in [6.45, 7) is 3.92. The fourth-order valence-corrected chi connectivity index (χ4v) is 3.98. The first kappa shape index (κ1) is 16.1. The van der Waals surface area contributed by atoms with Crippen LogP contribution in [0, 0.1) is 12.8 Å². The second-order valence-electron chi connectivity index (χ2n) is 6.15. The molecule has 1 atom stereocenters.